The van der Waals surface area contributed by atoms with E-state index >= 15 is 0 Å². The minimum atomic E-state index is -0.304. The molecule has 0 unspecified atom stereocenters. The molecule has 3 nitrogen and oxygen atoms in total. The first-order chi connectivity index (χ1) is 12.1. The van der Waals surface area contributed by atoms with Crippen molar-refractivity contribution in [2.45, 2.75) is 19.9 Å². The molecule has 0 N–H and O–H groups in total. The van der Waals surface area contributed by atoms with Gasteiger partial charge < -0.3 is 4.90 Å². The van der Waals surface area contributed by atoms with Gasteiger partial charge in [-0.25, -0.2) is 4.39 Å². The van der Waals surface area contributed by atoms with Crippen LogP contribution >= 0.6 is 0 Å². The van der Waals surface area contributed by atoms with Gasteiger partial charge in [0.15, 0.2) is 0 Å². The third-order valence-electron chi connectivity index (χ3n) is 3.98. The summed E-state index contributed by atoms with van der Waals surface area (Å²) in [6.07, 6.45) is 3.68. The fraction of sp³-hybridized carbons (Fsp3) is 0.143. The Hall–Kier alpha value is -3.01. The Morgan fingerprint density at radius 2 is 1.72 bits per heavy atom. The molecule has 1 amide bonds. The number of aryl methyl sites for hydroxylation is 1. The third-order valence-corrected chi connectivity index (χ3v) is 3.98. The number of carbonyl (C=O) groups is 1. The highest BCUT2D eigenvalue weighted by atomic mass is 19.1. The highest BCUT2D eigenvalue weighted by Gasteiger charge is 2.17. The lowest BCUT2D eigenvalue weighted by molar-refractivity contribution is -0.118. The zero-order valence-electron chi connectivity index (χ0n) is 14.0. The summed E-state index contributed by atoms with van der Waals surface area (Å²) in [5, 5.41) is 0. The molecule has 0 saturated carbocycles. The van der Waals surface area contributed by atoms with Crippen molar-refractivity contribution in [3.63, 3.8) is 0 Å². The molecule has 0 atom stereocenters. The molecule has 25 heavy (non-hydrogen) atoms. The second-order valence-corrected chi connectivity index (χ2v) is 5.98. The van der Waals surface area contributed by atoms with E-state index in [1.807, 2.05) is 43.3 Å². The SMILES string of the molecule is Cc1ccc(N(Cc2cccnc2)C(=O)Cc2ccc(F)cc2)cc1. The van der Waals surface area contributed by atoms with Gasteiger partial charge in [-0.1, -0.05) is 35.9 Å². The second-order valence-electron chi connectivity index (χ2n) is 5.98. The van der Waals surface area contributed by atoms with Crippen molar-refractivity contribution in [2.75, 3.05) is 4.90 Å². The summed E-state index contributed by atoms with van der Waals surface area (Å²) in [5.74, 6) is -0.346. The number of nitrogens with zero attached hydrogens (tertiary/aromatic N) is 2. The molecular formula is C21H19FN2O. The summed E-state index contributed by atoms with van der Waals surface area (Å²) in [5.41, 5.74) is 3.71. The molecule has 0 bridgehead atoms. The van der Waals surface area contributed by atoms with Crippen molar-refractivity contribution >= 4 is 11.6 Å². The first-order valence-electron chi connectivity index (χ1n) is 8.12. The topological polar surface area (TPSA) is 33.2 Å². The number of rotatable bonds is 5. The monoisotopic (exact) mass is 334 g/mol. The van der Waals surface area contributed by atoms with Gasteiger partial charge in [0.2, 0.25) is 5.91 Å². The standard InChI is InChI=1S/C21H19FN2O/c1-16-4-10-20(11-5-16)24(15-18-3-2-12-23-14-18)21(25)13-17-6-8-19(22)9-7-17/h2-12,14H,13,15H2,1H3. The molecule has 3 rings (SSSR count). The van der Waals surface area contributed by atoms with E-state index in [2.05, 4.69) is 4.98 Å². The Morgan fingerprint density at radius 1 is 1.00 bits per heavy atom. The lowest BCUT2D eigenvalue weighted by Crippen LogP contribution is -2.31. The highest BCUT2D eigenvalue weighted by molar-refractivity contribution is 5.94. The summed E-state index contributed by atoms with van der Waals surface area (Å²) in [6, 6.07) is 17.7. The number of hydrogen-bond donors (Lipinski definition) is 0. The Labute approximate surface area is 146 Å². The normalized spacial score (nSPS) is 10.5. The van der Waals surface area contributed by atoms with Gasteiger partial charge in [-0.3, -0.25) is 9.78 Å². The van der Waals surface area contributed by atoms with Crippen molar-refractivity contribution in [3.05, 3.63) is 95.6 Å². The number of carbonyl (C=O) groups excluding carboxylic acids is 1. The van der Waals surface area contributed by atoms with Crippen LogP contribution < -0.4 is 4.90 Å². The third kappa shape index (κ3) is 4.51. The molecule has 126 valence electrons. The summed E-state index contributed by atoms with van der Waals surface area (Å²) < 4.78 is 13.1. The van der Waals surface area contributed by atoms with Gasteiger partial charge in [0.25, 0.3) is 0 Å². The summed E-state index contributed by atoms with van der Waals surface area (Å²) in [7, 11) is 0. The minimum Gasteiger partial charge on any atom is -0.308 e. The number of pyridine rings is 1. The van der Waals surface area contributed by atoms with Gasteiger partial charge in [0.05, 0.1) is 13.0 Å². The van der Waals surface area contributed by atoms with Gasteiger partial charge in [-0.15, -0.1) is 0 Å². The van der Waals surface area contributed by atoms with Crippen LogP contribution in [0.15, 0.2) is 73.1 Å². The molecule has 1 heterocycles. The van der Waals surface area contributed by atoms with Crippen LogP contribution in [0.5, 0.6) is 0 Å². The molecule has 3 aromatic rings. The number of hydrogen-bond acceptors (Lipinski definition) is 2. The lowest BCUT2D eigenvalue weighted by atomic mass is 10.1. The van der Waals surface area contributed by atoms with Crippen LogP contribution in [0.4, 0.5) is 10.1 Å². The maximum atomic E-state index is 13.1. The summed E-state index contributed by atoms with van der Waals surface area (Å²) >= 11 is 0. The first kappa shape index (κ1) is 16.8. The average molecular weight is 334 g/mol. The van der Waals surface area contributed by atoms with Crippen LogP contribution in [0.25, 0.3) is 0 Å². The molecule has 0 aliphatic heterocycles. The Morgan fingerprint density at radius 3 is 2.36 bits per heavy atom. The van der Waals surface area contributed by atoms with E-state index in [0.29, 0.717) is 6.54 Å². The van der Waals surface area contributed by atoms with Gasteiger partial charge in [-0.05, 0) is 48.4 Å². The molecule has 0 spiro atoms. The van der Waals surface area contributed by atoms with Crippen LogP contribution in [0, 0.1) is 12.7 Å². The second kappa shape index (κ2) is 7.71. The largest absolute Gasteiger partial charge is 0.308 e. The zero-order valence-corrected chi connectivity index (χ0v) is 14.0. The molecule has 0 saturated heterocycles. The highest BCUT2D eigenvalue weighted by Crippen LogP contribution is 2.19. The average Bonchev–Trinajstić information content (AvgIpc) is 2.63. The molecule has 0 radical (unpaired) electrons. The smallest absolute Gasteiger partial charge is 0.231 e. The van der Waals surface area contributed by atoms with E-state index in [1.54, 1.807) is 29.4 Å². The molecule has 1 aromatic heterocycles. The predicted molar refractivity (Wildman–Crippen MR) is 96.7 cm³/mol. The summed E-state index contributed by atoms with van der Waals surface area (Å²) in [6.45, 7) is 2.45. The Bertz CT molecular complexity index is 830. The van der Waals surface area contributed by atoms with Gasteiger partial charge >= 0.3 is 0 Å². The van der Waals surface area contributed by atoms with Crippen LogP contribution in [0.1, 0.15) is 16.7 Å². The Kier molecular flexibility index (Phi) is 5.19. The zero-order chi connectivity index (χ0) is 17.6. The maximum absolute atomic E-state index is 13.1. The van der Waals surface area contributed by atoms with Crippen molar-refractivity contribution in [1.29, 1.82) is 0 Å². The minimum absolute atomic E-state index is 0.0423. The molecular weight excluding hydrogens is 315 g/mol. The maximum Gasteiger partial charge on any atom is 0.231 e. The molecule has 0 aliphatic carbocycles. The van der Waals surface area contributed by atoms with Gasteiger partial charge in [-0.2, -0.15) is 0 Å². The van der Waals surface area contributed by atoms with E-state index in [0.717, 1.165) is 22.4 Å². The van der Waals surface area contributed by atoms with Crippen LogP contribution in [0.3, 0.4) is 0 Å². The quantitative estimate of drug-likeness (QED) is 0.697. The Balaban J connectivity index is 1.85. The van der Waals surface area contributed by atoms with E-state index in [4.69, 9.17) is 0 Å². The van der Waals surface area contributed by atoms with Crippen LogP contribution in [-0.4, -0.2) is 10.9 Å². The van der Waals surface area contributed by atoms with Crippen LogP contribution in [-0.2, 0) is 17.8 Å². The molecule has 0 fully saturated rings. The predicted octanol–water partition coefficient (Wildman–Crippen LogP) is 4.31. The lowest BCUT2D eigenvalue weighted by Gasteiger charge is -2.23. The fourth-order valence-electron chi connectivity index (χ4n) is 2.59. The van der Waals surface area contributed by atoms with E-state index in [1.165, 1.54) is 12.1 Å². The molecule has 2 aromatic carbocycles. The van der Waals surface area contributed by atoms with Crippen LogP contribution in [0.2, 0.25) is 0 Å². The van der Waals surface area contributed by atoms with Crippen molar-refractivity contribution in [2.24, 2.45) is 0 Å². The summed E-state index contributed by atoms with van der Waals surface area (Å²) in [4.78, 5) is 18.8. The van der Waals surface area contributed by atoms with E-state index in [-0.39, 0.29) is 18.1 Å². The number of aromatic nitrogens is 1. The number of amides is 1. The van der Waals surface area contributed by atoms with E-state index < -0.39 is 0 Å². The molecule has 4 heteroatoms. The number of anilines is 1. The van der Waals surface area contributed by atoms with Crippen molar-refractivity contribution < 1.29 is 9.18 Å². The fourth-order valence-corrected chi connectivity index (χ4v) is 2.59. The van der Waals surface area contributed by atoms with E-state index in [9.17, 15) is 9.18 Å². The first-order valence-corrected chi connectivity index (χ1v) is 8.12. The van der Waals surface area contributed by atoms with Crippen molar-refractivity contribution in [1.82, 2.24) is 4.98 Å². The van der Waals surface area contributed by atoms with Crippen molar-refractivity contribution in [3.8, 4) is 0 Å². The number of benzene rings is 2. The van der Waals surface area contributed by atoms with Gasteiger partial charge in [0.1, 0.15) is 5.82 Å². The molecule has 0 aliphatic rings. The number of halogens is 1. The van der Waals surface area contributed by atoms with Gasteiger partial charge in [0, 0.05) is 18.1 Å².